The van der Waals surface area contributed by atoms with Gasteiger partial charge < -0.3 is 15.6 Å². The molecule has 1 rings (SSSR count). The summed E-state index contributed by atoms with van der Waals surface area (Å²) < 4.78 is 5.17. The molecule has 0 saturated carbocycles. The third kappa shape index (κ3) is 5.07. The smallest absolute Gasteiger partial charge is 0.119 e. The Morgan fingerprint density at radius 3 is 2.67 bits per heavy atom. The maximum Gasteiger partial charge on any atom is 0.119 e. The van der Waals surface area contributed by atoms with Crippen LogP contribution in [0.2, 0.25) is 0 Å². The lowest BCUT2D eigenvalue weighted by molar-refractivity contribution is 0.125. The fourth-order valence-corrected chi connectivity index (χ4v) is 2.06. The van der Waals surface area contributed by atoms with Crippen molar-refractivity contribution in [3.8, 4) is 5.75 Å². The second-order valence-electron chi connectivity index (χ2n) is 5.25. The van der Waals surface area contributed by atoms with Gasteiger partial charge in [0.15, 0.2) is 0 Å². The number of hydrogen-bond donors (Lipinski definition) is 2. The number of methoxy groups -OCH3 is 1. The number of nitrogens with two attached hydrogens (primary N) is 1. The molecule has 0 amide bonds. The van der Waals surface area contributed by atoms with Crippen molar-refractivity contribution in [1.29, 1.82) is 0 Å². The third-order valence-corrected chi connectivity index (χ3v) is 3.10. The first-order valence-corrected chi connectivity index (χ1v) is 6.59. The number of benzene rings is 1. The Balaban J connectivity index is 2.43. The predicted molar refractivity (Wildman–Crippen MR) is 74.8 cm³/mol. The quantitative estimate of drug-likeness (QED) is 0.782. The number of rotatable bonds is 7. The Hall–Kier alpha value is -1.06. The lowest BCUT2D eigenvalue weighted by atomic mass is 9.96. The van der Waals surface area contributed by atoms with Crippen molar-refractivity contribution in [2.24, 2.45) is 11.7 Å². The second-order valence-corrected chi connectivity index (χ2v) is 5.25. The minimum absolute atomic E-state index is 0.129. The molecule has 3 heteroatoms. The van der Waals surface area contributed by atoms with Gasteiger partial charge in [-0.05, 0) is 42.9 Å². The Morgan fingerprint density at radius 1 is 1.33 bits per heavy atom. The van der Waals surface area contributed by atoms with E-state index in [2.05, 4.69) is 13.8 Å². The number of aryl methyl sites for hydroxylation is 1. The van der Waals surface area contributed by atoms with Gasteiger partial charge in [0.2, 0.25) is 0 Å². The van der Waals surface area contributed by atoms with Crippen LogP contribution in [0.1, 0.15) is 32.3 Å². The molecule has 2 atom stereocenters. The summed E-state index contributed by atoms with van der Waals surface area (Å²) in [6.07, 6.45) is 1.95. The highest BCUT2D eigenvalue weighted by atomic mass is 16.5. The van der Waals surface area contributed by atoms with Gasteiger partial charge in [-0.1, -0.05) is 26.0 Å². The van der Waals surface area contributed by atoms with Gasteiger partial charge in [-0.2, -0.15) is 0 Å². The van der Waals surface area contributed by atoms with Crippen molar-refractivity contribution < 1.29 is 9.84 Å². The fraction of sp³-hybridized carbons (Fsp3) is 0.600. The van der Waals surface area contributed by atoms with Gasteiger partial charge in [0.1, 0.15) is 5.75 Å². The molecule has 0 unspecified atom stereocenters. The highest BCUT2D eigenvalue weighted by Gasteiger charge is 2.15. The summed E-state index contributed by atoms with van der Waals surface area (Å²) in [4.78, 5) is 0. The average molecular weight is 251 g/mol. The van der Waals surface area contributed by atoms with E-state index in [0.717, 1.165) is 18.6 Å². The standard InChI is InChI=1S/C15H25NO2/c1-11(2)9-14(16)15(17)8-7-12-5-4-6-13(10-12)18-3/h4-6,10-11,14-15,17H,7-9,16H2,1-3H3/t14-,15+/m0/s1. The Bertz CT molecular complexity index is 352. The van der Waals surface area contributed by atoms with Gasteiger partial charge in [-0.3, -0.25) is 0 Å². The van der Waals surface area contributed by atoms with E-state index >= 15 is 0 Å². The zero-order valence-electron chi connectivity index (χ0n) is 11.6. The summed E-state index contributed by atoms with van der Waals surface area (Å²) in [5.74, 6) is 1.37. The topological polar surface area (TPSA) is 55.5 Å². The lowest BCUT2D eigenvalue weighted by Crippen LogP contribution is -2.36. The first kappa shape index (κ1) is 15.0. The van der Waals surface area contributed by atoms with Crippen LogP contribution in [-0.2, 0) is 6.42 Å². The van der Waals surface area contributed by atoms with Gasteiger partial charge >= 0.3 is 0 Å². The van der Waals surface area contributed by atoms with Crippen molar-refractivity contribution in [2.45, 2.75) is 45.3 Å². The Labute approximate surface area is 110 Å². The summed E-state index contributed by atoms with van der Waals surface area (Å²) in [7, 11) is 1.66. The van der Waals surface area contributed by atoms with Crippen LogP contribution >= 0.6 is 0 Å². The number of ether oxygens (including phenoxy) is 1. The number of aliphatic hydroxyl groups is 1. The van der Waals surface area contributed by atoms with E-state index in [1.165, 1.54) is 5.56 Å². The van der Waals surface area contributed by atoms with Gasteiger partial charge in [-0.25, -0.2) is 0 Å². The van der Waals surface area contributed by atoms with Gasteiger partial charge in [0.05, 0.1) is 13.2 Å². The predicted octanol–water partition coefficient (Wildman–Crippen LogP) is 2.36. The highest BCUT2D eigenvalue weighted by Crippen LogP contribution is 2.16. The molecular formula is C15H25NO2. The number of aliphatic hydroxyl groups excluding tert-OH is 1. The van der Waals surface area contributed by atoms with E-state index in [9.17, 15) is 5.11 Å². The van der Waals surface area contributed by atoms with Crippen LogP contribution in [0, 0.1) is 5.92 Å². The molecule has 3 N–H and O–H groups in total. The SMILES string of the molecule is COc1cccc(CC[C@@H](O)[C@@H](N)CC(C)C)c1. The van der Waals surface area contributed by atoms with Crippen LogP contribution in [0.25, 0.3) is 0 Å². The molecule has 102 valence electrons. The normalized spacial score (nSPS) is 14.6. The van der Waals surface area contributed by atoms with E-state index in [-0.39, 0.29) is 6.04 Å². The van der Waals surface area contributed by atoms with Gasteiger partial charge in [0, 0.05) is 6.04 Å². The molecule has 0 aromatic heterocycles. The molecule has 0 saturated heterocycles. The van der Waals surface area contributed by atoms with Crippen LogP contribution < -0.4 is 10.5 Å². The Kier molecular flexibility index (Phi) is 6.16. The first-order valence-electron chi connectivity index (χ1n) is 6.59. The van der Waals surface area contributed by atoms with E-state index in [1.54, 1.807) is 7.11 Å². The van der Waals surface area contributed by atoms with Crippen LogP contribution in [0.5, 0.6) is 5.75 Å². The summed E-state index contributed by atoms with van der Waals surface area (Å²) in [6, 6.07) is 7.80. The molecule has 0 bridgehead atoms. The van der Waals surface area contributed by atoms with Gasteiger partial charge in [-0.15, -0.1) is 0 Å². The maximum atomic E-state index is 10.00. The molecule has 0 heterocycles. The van der Waals surface area contributed by atoms with E-state index in [4.69, 9.17) is 10.5 Å². The molecule has 1 aromatic rings. The first-order chi connectivity index (χ1) is 8.52. The zero-order valence-corrected chi connectivity index (χ0v) is 11.6. The molecule has 3 nitrogen and oxygen atoms in total. The molecule has 0 aliphatic carbocycles. The lowest BCUT2D eigenvalue weighted by Gasteiger charge is -2.20. The van der Waals surface area contributed by atoms with Crippen molar-refractivity contribution in [1.82, 2.24) is 0 Å². The largest absolute Gasteiger partial charge is 0.497 e. The molecule has 1 aromatic carbocycles. The van der Waals surface area contributed by atoms with E-state index in [1.807, 2.05) is 24.3 Å². The van der Waals surface area contributed by atoms with Crippen molar-refractivity contribution in [3.63, 3.8) is 0 Å². The van der Waals surface area contributed by atoms with Crippen molar-refractivity contribution in [3.05, 3.63) is 29.8 Å². The minimum Gasteiger partial charge on any atom is -0.497 e. The third-order valence-electron chi connectivity index (χ3n) is 3.10. The highest BCUT2D eigenvalue weighted by molar-refractivity contribution is 5.28. The van der Waals surface area contributed by atoms with E-state index < -0.39 is 6.10 Å². The van der Waals surface area contributed by atoms with Crippen LogP contribution in [0.15, 0.2) is 24.3 Å². The monoisotopic (exact) mass is 251 g/mol. The molecule has 18 heavy (non-hydrogen) atoms. The van der Waals surface area contributed by atoms with E-state index in [0.29, 0.717) is 12.3 Å². The van der Waals surface area contributed by atoms with Crippen molar-refractivity contribution in [2.75, 3.05) is 7.11 Å². The maximum absolute atomic E-state index is 10.00. The minimum atomic E-state index is -0.432. The average Bonchev–Trinajstić information content (AvgIpc) is 2.35. The molecule has 0 radical (unpaired) electrons. The molecule has 0 spiro atoms. The summed E-state index contributed by atoms with van der Waals surface area (Å²) in [5, 5.41) is 10.00. The Morgan fingerprint density at radius 2 is 2.06 bits per heavy atom. The second kappa shape index (κ2) is 7.39. The van der Waals surface area contributed by atoms with Crippen LogP contribution in [0.3, 0.4) is 0 Å². The van der Waals surface area contributed by atoms with Crippen LogP contribution in [0.4, 0.5) is 0 Å². The fourth-order valence-electron chi connectivity index (χ4n) is 2.06. The number of hydrogen-bond acceptors (Lipinski definition) is 3. The molecule has 0 aliphatic heterocycles. The molecule has 0 aliphatic rings. The molecule has 0 fully saturated rings. The summed E-state index contributed by atoms with van der Waals surface area (Å²) >= 11 is 0. The zero-order chi connectivity index (χ0) is 13.5. The summed E-state index contributed by atoms with van der Waals surface area (Å²) in [6.45, 7) is 4.24. The van der Waals surface area contributed by atoms with Crippen molar-refractivity contribution >= 4 is 0 Å². The molecular weight excluding hydrogens is 226 g/mol. The van der Waals surface area contributed by atoms with Crippen LogP contribution in [-0.4, -0.2) is 24.4 Å². The summed E-state index contributed by atoms with van der Waals surface area (Å²) in [5.41, 5.74) is 7.14. The van der Waals surface area contributed by atoms with Gasteiger partial charge in [0.25, 0.3) is 0 Å².